The molecule has 0 fully saturated rings. The van der Waals surface area contributed by atoms with Gasteiger partial charge in [0.2, 0.25) is 5.91 Å². The highest BCUT2D eigenvalue weighted by Crippen LogP contribution is 2.44. The Bertz CT molecular complexity index is 1040. The quantitative estimate of drug-likeness (QED) is 0.643. The molecule has 144 valence electrons. The number of methoxy groups -OCH3 is 2. The maximum absolute atomic E-state index is 12.1. The summed E-state index contributed by atoms with van der Waals surface area (Å²) in [5.41, 5.74) is 5.39. The van der Waals surface area contributed by atoms with E-state index in [2.05, 4.69) is 16.0 Å². The molecule has 1 aromatic carbocycles. The van der Waals surface area contributed by atoms with Crippen LogP contribution in [0.3, 0.4) is 0 Å². The van der Waals surface area contributed by atoms with Gasteiger partial charge in [0, 0.05) is 29.7 Å². The van der Waals surface area contributed by atoms with Crippen LogP contribution in [-0.2, 0) is 22.5 Å². The van der Waals surface area contributed by atoms with Crippen LogP contribution in [0.25, 0.3) is 21.7 Å². The van der Waals surface area contributed by atoms with Crippen LogP contribution in [0.4, 0.5) is 5.69 Å². The Labute approximate surface area is 166 Å². The van der Waals surface area contributed by atoms with Crippen LogP contribution in [0, 0.1) is 0 Å². The number of amides is 1. The number of hydrogen-bond acceptors (Lipinski definition) is 5. The fraction of sp³-hybridized carbons (Fsp3) is 0.238. The van der Waals surface area contributed by atoms with Crippen molar-refractivity contribution in [3.05, 3.63) is 47.0 Å². The first-order chi connectivity index (χ1) is 13.7. The number of aromatic nitrogens is 1. The van der Waals surface area contributed by atoms with E-state index in [1.54, 1.807) is 18.4 Å². The number of nitrogens with one attached hydrogen (secondary N) is 1. The predicted molar refractivity (Wildman–Crippen MR) is 109 cm³/mol. The SMILES string of the molecule is COCC(=O)Nc1cc2c(cc1OC)CCn1c(C=O)cc(-c3cccs3)c1-2. The molecule has 0 aliphatic carbocycles. The molecule has 28 heavy (non-hydrogen) atoms. The Balaban J connectivity index is 1.89. The molecule has 0 atom stereocenters. The van der Waals surface area contributed by atoms with E-state index in [0.717, 1.165) is 46.5 Å². The Kier molecular flexibility index (Phi) is 5.02. The van der Waals surface area contributed by atoms with Gasteiger partial charge in [-0.1, -0.05) is 6.07 Å². The van der Waals surface area contributed by atoms with Crippen molar-refractivity contribution in [1.82, 2.24) is 4.57 Å². The summed E-state index contributed by atoms with van der Waals surface area (Å²) in [6, 6.07) is 9.88. The van der Waals surface area contributed by atoms with Crippen LogP contribution in [0.5, 0.6) is 5.75 Å². The average molecular weight is 396 g/mol. The van der Waals surface area contributed by atoms with Gasteiger partial charge in [-0.2, -0.15) is 0 Å². The van der Waals surface area contributed by atoms with Crippen molar-refractivity contribution in [3.63, 3.8) is 0 Å². The summed E-state index contributed by atoms with van der Waals surface area (Å²) in [7, 11) is 3.06. The number of aldehydes is 1. The van der Waals surface area contributed by atoms with Crippen molar-refractivity contribution in [3.8, 4) is 27.4 Å². The summed E-state index contributed by atoms with van der Waals surface area (Å²) in [6.45, 7) is 0.687. The molecule has 3 heterocycles. The zero-order valence-corrected chi connectivity index (χ0v) is 16.5. The summed E-state index contributed by atoms with van der Waals surface area (Å²) in [5.74, 6) is 0.357. The van der Waals surface area contributed by atoms with E-state index in [1.807, 2.05) is 29.6 Å². The monoisotopic (exact) mass is 396 g/mol. The standard InChI is InChI=1S/C21H20N2O4S/c1-26-12-20(25)22-17-10-15-13(8-18(17)27-2)5-6-23-14(11-24)9-16(21(15)23)19-4-3-7-28-19/h3-4,7-11H,5-6,12H2,1-2H3,(H,22,25). The molecule has 0 saturated carbocycles. The third kappa shape index (κ3) is 3.12. The van der Waals surface area contributed by atoms with Gasteiger partial charge in [0.25, 0.3) is 0 Å². The van der Waals surface area contributed by atoms with E-state index in [1.165, 1.54) is 7.11 Å². The third-order valence-electron chi connectivity index (χ3n) is 4.87. The van der Waals surface area contributed by atoms with Crippen LogP contribution in [0.1, 0.15) is 16.1 Å². The normalized spacial score (nSPS) is 12.2. The molecule has 2 aromatic heterocycles. The topological polar surface area (TPSA) is 69.6 Å². The Morgan fingerprint density at radius 2 is 2.14 bits per heavy atom. The van der Waals surface area contributed by atoms with Crippen molar-refractivity contribution < 1.29 is 19.1 Å². The molecular weight excluding hydrogens is 376 g/mol. The van der Waals surface area contributed by atoms with Crippen LogP contribution >= 0.6 is 11.3 Å². The van der Waals surface area contributed by atoms with Crippen molar-refractivity contribution in [2.24, 2.45) is 0 Å². The molecule has 0 unspecified atom stereocenters. The van der Waals surface area contributed by atoms with Crippen molar-refractivity contribution in [2.75, 3.05) is 26.1 Å². The van der Waals surface area contributed by atoms with Gasteiger partial charge in [-0.25, -0.2) is 0 Å². The lowest BCUT2D eigenvalue weighted by molar-refractivity contribution is -0.119. The van der Waals surface area contributed by atoms with Gasteiger partial charge in [0.1, 0.15) is 12.4 Å². The Morgan fingerprint density at radius 3 is 2.82 bits per heavy atom. The summed E-state index contributed by atoms with van der Waals surface area (Å²) < 4.78 is 12.5. The van der Waals surface area contributed by atoms with Crippen LogP contribution in [-0.4, -0.2) is 37.6 Å². The summed E-state index contributed by atoms with van der Waals surface area (Å²) in [5, 5.41) is 4.88. The first kappa shape index (κ1) is 18.5. The number of carbonyl (C=O) groups is 2. The highest BCUT2D eigenvalue weighted by Gasteiger charge is 2.26. The van der Waals surface area contributed by atoms with E-state index in [-0.39, 0.29) is 12.5 Å². The molecule has 3 aromatic rings. The van der Waals surface area contributed by atoms with Crippen LogP contribution < -0.4 is 10.1 Å². The number of benzene rings is 1. The molecular formula is C21H20N2O4S. The molecule has 0 radical (unpaired) electrons. The van der Waals surface area contributed by atoms with Gasteiger partial charge in [-0.15, -0.1) is 11.3 Å². The molecule has 1 aliphatic heterocycles. The molecule has 0 saturated heterocycles. The van der Waals surface area contributed by atoms with Gasteiger partial charge in [0.05, 0.1) is 24.2 Å². The fourth-order valence-corrected chi connectivity index (χ4v) is 4.43. The predicted octanol–water partition coefficient (Wildman–Crippen LogP) is 3.85. The number of ether oxygens (including phenoxy) is 2. The number of aryl methyl sites for hydroxylation is 1. The Morgan fingerprint density at radius 1 is 1.29 bits per heavy atom. The summed E-state index contributed by atoms with van der Waals surface area (Å²) in [6.07, 6.45) is 1.68. The van der Waals surface area contributed by atoms with Gasteiger partial charge < -0.3 is 19.4 Å². The maximum atomic E-state index is 12.1. The van der Waals surface area contributed by atoms with Gasteiger partial charge in [-0.3, -0.25) is 9.59 Å². The largest absolute Gasteiger partial charge is 0.495 e. The van der Waals surface area contributed by atoms with Crippen molar-refractivity contribution in [1.29, 1.82) is 0 Å². The molecule has 7 heteroatoms. The van der Waals surface area contributed by atoms with E-state index < -0.39 is 0 Å². The minimum atomic E-state index is -0.251. The van der Waals surface area contributed by atoms with Crippen molar-refractivity contribution in [2.45, 2.75) is 13.0 Å². The smallest absolute Gasteiger partial charge is 0.250 e. The second-order valence-corrected chi connectivity index (χ2v) is 7.47. The highest BCUT2D eigenvalue weighted by molar-refractivity contribution is 7.13. The number of fused-ring (bicyclic) bond motifs is 3. The maximum Gasteiger partial charge on any atom is 0.250 e. The fourth-order valence-electron chi connectivity index (χ4n) is 3.68. The summed E-state index contributed by atoms with van der Waals surface area (Å²) in [4.78, 5) is 24.8. The number of anilines is 1. The second-order valence-electron chi connectivity index (χ2n) is 6.52. The van der Waals surface area contributed by atoms with Gasteiger partial charge in [-0.05, 0) is 41.6 Å². The van der Waals surface area contributed by atoms with Gasteiger partial charge >= 0.3 is 0 Å². The molecule has 1 aliphatic rings. The Hall–Kier alpha value is -2.90. The molecule has 0 bridgehead atoms. The van der Waals surface area contributed by atoms with E-state index in [9.17, 15) is 9.59 Å². The van der Waals surface area contributed by atoms with E-state index in [0.29, 0.717) is 17.1 Å². The molecule has 1 amide bonds. The first-order valence-electron chi connectivity index (χ1n) is 8.89. The molecule has 0 spiro atoms. The number of thiophene rings is 1. The lowest BCUT2D eigenvalue weighted by atomic mass is 9.94. The molecule has 1 N–H and O–H groups in total. The minimum absolute atomic E-state index is 0.0354. The van der Waals surface area contributed by atoms with E-state index in [4.69, 9.17) is 9.47 Å². The number of hydrogen-bond donors (Lipinski definition) is 1. The molecule has 4 rings (SSSR count). The van der Waals surface area contributed by atoms with E-state index >= 15 is 0 Å². The highest BCUT2D eigenvalue weighted by atomic mass is 32.1. The van der Waals surface area contributed by atoms with Gasteiger partial charge in [0.15, 0.2) is 6.29 Å². The van der Waals surface area contributed by atoms with Crippen LogP contribution in [0.2, 0.25) is 0 Å². The minimum Gasteiger partial charge on any atom is -0.495 e. The average Bonchev–Trinajstić information content (AvgIpc) is 3.35. The number of rotatable bonds is 6. The van der Waals surface area contributed by atoms with Crippen LogP contribution in [0.15, 0.2) is 35.7 Å². The van der Waals surface area contributed by atoms with Crippen molar-refractivity contribution >= 4 is 29.2 Å². The number of nitrogens with zero attached hydrogens (tertiary/aromatic N) is 1. The summed E-state index contributed by atoms with van der Waals surface area (Å²) >= 11 is 1.64. The zero-order chi connectivity index (χ0) is 19.7. The molecule has 6 nitrogen and oxygen atoms in total. The zero-order valence-electron chi connectivity index (χ0n) is 15.7. The number of carbonyl (C=O) groups excluding carboxylic acids is 2. The lowest BCUT2D eigenvalue weighted by Crippen LogP contribution is -2.19. The third-order valence-corrected chi connectivity index (χ3v) is 5.77. The second kappa shape index (κ2) is 7.61. The first-order valence-corrected chi connectivity index (χ1v) is 9.77. The lowest BCUT2D eigenvalue weighted by Gasteiger charge is -2.24.